The predicted octanol–water partition coefficient (Wildman–Crippen LogP) is 5.79. The van der Waals surface area contributed by atoms with E-state index >= 15 is 0 Å². The second-order valence-electron chi connectivity index (χ2n) is 8.02. The largest absolute Gasteiger partial charge is 0.494 e. The fraction of sp³-hybridized carbons (Fsp3) is 0.440. The highest BCUT2D eigenvalue weighted by molar-refractivity contribution is 6.35. The molecule has 0 heterocycles. The fourth-order valence-corrected chi connectivity index (χ4v) is 3.54. The summed E-state index contributed by atoms with van der Waals surface area (Å²) in [5.74, 6) is 0.457. The van der Waals surface area contributed by atoms with Gasteiger partial charge in [-0.3, -0.25) is 9.59 Å². The number of hydrogen-bond acceptors (Lipinski definition) is 3. The molecule has 0 saturated carbocycles. The van der Waals surface area contributed by atoms with Gasteiger partial charge in [0.05, 0.1) is 6.61 Å². The first kappa shape index (κ1) is 26.0. The van der Waals surface area contributed by atoms with Gasteiger partial charge >= 0.3 is 0 Å². The van der Waals surface area contributed by atoms with Crippen LogP contribution in [0.1, 0.15) is 51.2 Å². The van der Waals surface area contributed by atoms with E-state index in [1.165, 1.54) is 0 Å². The molecule has 0 fully saturated rings. The molecule has 0 aliphatic rings. The van der Waals surface area contributed by atoms with Gasteiger partial charge in [-0.1, -0.05) is 53.9 Å². The van der Waals surface area contributed by atoms with Crippen LogP contribution in [0.25, 0.3) is 0 Å². The molecule has 5 nitrogen and oxygen atoms in total. The quantitative estimate of drug-likeness (QED) is 0.415. The maximum absolute atomic E-state index is 13.1. The van der Waals surface area contributed by atoms with Crippen LogP contribution >= 0.6 is 23.2 Å². The van der Waals surface area contributed by atoms with Crippen molar-refractivity contribution < 1.29 is 14.3 Å². The molecule has 2 aromatic carbocycles. The van der Waals surface area contributed by atoms with E-state index in [0.717, 1.165) is 23.3 Å². The number of rotatable bonds is 11. The molecule has 1 N–H and O–H groups in total. The van der Waals surface area contributed by atoms with Gasteiger partial charge in [-0.2, -0.15) is 0 Å². The van der Waals surface area contributed by atoms with Crippen LogP contribution in [-0.4, -0.2) is 35.4 Å². The Morgan fingerprint density at radius 3 is 2.41 bits per heavy atom. The summed E-state index contributed by atoms with van der Waals surface area (Å²) in [5, 5.41) is 3.94. The maximum atomic E-state index is 13.1. The third-order valence-corrected chi connectivity index (χ3v) is 5.94. The average molecular weight is 479 g/mol. The van der Waals surface area contributed by atoms with Gasteiger partial charge in [0.1, 0.15) is 11.8 Å². The first-order chi connectivity index (χ1) is 15.2. The van der Waals surface area contributed by atoms with Gasteiger partial charge < -0.3 is 15.0 Å². The smallest absolute Gasteiger partial charge is 0.242 e. The van der Waals surface area contributed by atoms with Gasteiger partial charge in [-0.05, 0) is 63.4 Å². The number of carbonyl (C=O) groups excluding carboxylic acids is 2. The van der Waals surface area contributed by atoms with E-state index in [1.54, 1.807) is 30.0 Å². The number of benzene rings is 2. The summed E-state index contributed by atoms with van der Waals surface area (Å²) < 4.78 is 5.73. The normalized spacial score (nSPS) is 12.7. The van der Waals surface area contributed by atoms with Crippen molar-refractivity contribution in [3.05, 3.63) is 63.6 Å². The van der Waals surface area contributed by atoms with Crippen molar-refractivity contribution in [3.8, 4) is 5.75 Å². The number of nitrogens with one attached hydrogen (secondary N) is 1. The van der Waals surface area contributed by atoms with Gasteiger partial charge in [0, 0.05) is 29.1 Å². The summed E-state index contributed by atoms with van der Waals surface area (Å²) >= 11 is 12.3. The molecular weight excluding hydrogens is 447 g/mol. The Bertz CT molecular complexity index is 903. The van der Waals surface area contributed by atoms with Crippen LogP contribution in [0.5, 0.6) is 5.75 Å². The van der Waals surface area contributed by atoms with E-state index in [2.05, 4.69) is 5.32 Å². The zero-order chi connectivity index (χ0) is 23.7. The fourth-order valence-electron chi connectivity index (χ4n) is 3.07. The Labute approximate surface area is 201 Å². The summed E-state index contributed by atoms with van der Waals surface area (Å²) in [6, 6.07) is 12.3. The summed E-state index contributed by atoms with van der Waals surface area (Å²) in [5.41, 5.74) is 1.90. The molecule has 0 unspecified atom stereocenters. The second kappa shape index (κ2) is 12.7. The van der Waals surface area contributed by atoms with Crippen molar-refractivity contribution >= 4 is 35.0 Å². The highest BCUT2D eigenvalue weighted by Crippen LogP contribution is 2.23. The van der Waals surface area contributed by atoms with Gasteiger partial charge in [-0.15, -0.1) is 0 Å². The lowest BCUT2D eigenvalue weighted by Gasteiger charge is -2.30. The van der Waals surface area contributed by atoms with E-state index < -0.39 is 6.04 Å². The molecule has 2 aromatic rings. The molecule has 0 bridgehead atoms. The summed E-state index contributed by atoms with van der Waals surface area (Å²) in [6.07, 6.45) is 1.61. The molecule has 0 aromatic heterocycles. The zero-order valence-electron chi connectivity index (χ0n) is 19.2. The third kappa shape index (κ3) is 8.03. The molecule has 0 aliphatic heterocycles. The summed E-state index contributed by atoms with van der Waals surface area (Å²) in [4.78, 5) is 27.4. The van der Waals surface area contributed by atoms with E-state index in [4.69, 9.17) is 27.9 Å². The van der Waals surface area contributed by atoms with Crippen LogP contribution in [0.3, 0.4) is 0 Å². The van der Waals surface area contributed by atoms with Crippen molar-refractivity contribution in [2.24, 2.45) is 0 Å². The topological polar surface area (TPSA) is 58.6 Å². The Kier molecular flexibility index (Phi) is 10.3. The van der Waals surface area contributed by atoms with E-state index in [9.17, 15) is 9.59 Å². The molecule has 2 atom stereocenters. The number of hydrogen-bond donors (Lipinski definition) is 1. The molecule has 174 valence electrons. The third-order valence-electron chi connectivity index (χ3n) is 5.35. The summed E-state index contributed by atoms with van der Waals surface area (Å²) in [6.45, 7) is 8.33. The SMILES string of the molecule is CC[C@@H](C)NC(=O)[C@@H](C)N(Cc1ccc(Cl)cc1Cl)C(=O)CCCOc1ccc(C)cc1. The van der Waals surface area contributed by atoms with E-state index in [0.29, 0.717) is 23.1 Å². The highest BCUT2D eigenvalue weighted by Gasteiger charge is 2.27. The molecule has 0 aliphatic carbocycles. The minimum atomic E-state index is -0.638. The molecule has 0 saturated heterocycles. The molecule has 2 rings (SSSR count). The Balaban J connectivity index is 2.05. The number of ether oxygens (including phenoxy) is 1. The Hall–Kier alpha value is -2.24. The van der Waals surface area contributed by atoms with Crippen LogP contribution in [0.4, 0.5) is 0 Å². The number of amides is 2. The van der Waals surface area contributed by atoms with E-state index in [1.807, 2.05) is 45.0 Å². The van der Waals surface area contributed by atoms with Crippen LogP contribution in [0.15, 0.2) is 42.5 Å². The number of halogens is 2. The molecule has 0 spiro atoms. The van der Waals surface area contributed by atoms with Gasteiger partial charge in [0.15, 0.2) is 0 Å². The van der Waals surface area contributed by atoms with Crippen LogP contribution < -0.4 is 10.1 Å². The highest BCUT2D eigenvalue weighted by atomic mass is 35.5. The lowest BCUT2D eigenvalue weighted by atomic mass is 10.1. The van der Waals surface area contributed by atoms with Crippen molar-refractivity contribution in [2.45, 2.75) is 65.6 Å². The molecule has 32 heavy (non-hydrogen) atoms. The Morgan fingerprint density at radius 2 is 1.78 bits per heavy atom. The Morgan fingerprint density at radius 1 is 1.09 bits per heavy atom. The van der Waals surface area contributed by atoms with Crippen LogP contribution in [0.2, 0.25) is 10.0 Å². The molecular formula is C25H32Cl2N2O3. The molecule has 7 heteroatoms. The maximum Gasteiger partial charge on any atom is 0.242 e. The average Bonchev–Trinajstić information content (AvgIpc) is 2.76. The van der Waals surface area contributed by atoms with Crippen LogP contribution in [0, 0.1) is 6.92 Å². The number of nitrogens with zero attached hydrogens (tertiary/aromatic N) is 1. The lowest BCUT2D eigenvalue weighted by molar-refractivity contribution is -0.141. The standard InChI is InChI=1S/C25H32Cl2N2O3/c1-5-18(3)28-25(31)19(4)29(16-20-10-11-21(26)15-23(20)27)24(30)7-6-14-32-22-12-8-17(2)9-13-22/h8-13,15,18-19H,5-7,14,16H2,1-4H3,(H,28,31)/t18-,19-/m1/s1. The summed E-state index contributed by atoms with van der Waals surface area (Å²) in [7, 11) is 0. The predicted molar refractivity (Wildman–Crippen MR) is 130 cm³/mol. The van der Waals surface area contributed by atoms with Gasteiger partial charge in [-0.25, -0.2) is 0 Å². The number of carbonyl (C=O) groups is 2. The molecule has 2 amide bonds. The molecule has 0 radical (unpaired) electrons. The lowest BCUT2D eigenvalue weighted by Crippen LogP contribution is -2.49. The first-order valence-electron chi connectivity index (χ1n) is 10.9. The monoisotopic (exact) mass is 478 g/mol. The van der Waals surface area contributed by atoms with Crippen molar-refractivity contribution in [2.75, 3.05) is 6.61 Å². The van der Waals surface area contributed by atoms with Crippen LogP contribution in [-0.2, 0) is 16.1 Å². The van der Waals surface area contributed by atoms with Crippen molar-refractivity contribution in [3.63, 3.8) is 0 Å². The minimum absolute atomic E-state index is 0.0314. The van der Waals surface area contributed by atoms with Crippen molar-refractivity contribution in [1.29, 1.82) is 0 Å². The minimum Gasteiger partial charge on any atom is -0.494 e. The van der Waals surface area contributed by atoms with Crippen molar-refractivity contribution in [1.82, 2.24) is 10.2 Å². The van der Waals surface area contributed by atoms with Gasteiger partial charge in [0.2, 0.25) is 11.8 Å². The van der Waals surface area contributed by atoms with E-state index in [-0.39, 0.29) is 30.8 Å². The zero-order valence-corrected chi connectivity index (χ0v) is 20.7. The number of aryl methyl sites for hydroxylation is 1. The van der Waals surface area contributed by atoms with Gasteiger partial charge in [0.25, 0.3) is 0 Å². The second-order valence-corrected chi connectivity index (χ2v) is 8.86. The first-order valence-corrected chi connectivity index (χ1v) is 11.7.